The lowest BCUT2D eigenvalue weighted by Crippen LogP contribution is -2.19. The summed E-state index contributed by atoms with van der Waals surface area (Å²) in [7, 11) is 0. The number of hydrogen-bond acceptors (Lipinski definition) is 7. The SMILES string of the molecule is O=C(C/C=C1/CN(Cc2nc3ccccc3n2Cc2ccncc2)N=N1)NO. The van der Waals surface area contributed by atoms with Gasteiger partial charge in [-0.2, -0.15) is 0 Å². The molecule has 0 unspecified atom stereocenters. The van der Waals surface area contributed by atoms with Crippen molar-refractivity contribution >= 4 is 16.9 Å². The molecule has 0 atom stereocenters. The first kappa shape index (κ1) is 17.8. The molecular formula is C19H19N7O2. The van der Waals surface area contributed by atoms with Gasteiger partial charge >= 0.3 is 0 Å². The lowest BCUT2D eigenvalue weighted by Gasteiger charge is -2.14. The van der Waals surface area contributed by atoms with Gasteiger partial charge in [0.1, 0.15) is 5.82 Å². The highest BCUT2D eigenvalue weighted by Gasteiger charge is 2.18. The minimum Gasteiger partial charge on any atom is -0.322 e. The second-order valence-electron chi connectivity index (χ2n) is 6.41. The number of hydroxylamine groups is 1. The lowest BCUT2D eigenvalue weighted by atomic mass is 10.2. The van der Waals surface area contributed by atoms with Crippen molar-refractivity contribution in [3.05, 3.63) is 72.0 Å². The maximum atomic E-state index is 11.1. The van der Waals surface area contributed by atoms with Gasteiger partial charge < -0.3 is 4.57 Å². The Morgan fingerprint density at radius 2 is 2.00 bits per heavy atom. The third-order valence-electron chi connectivity index (χ3n) is 4.44. The Morgan fingerprint density at radius 1 is 1.18 bits per heavy atom. The van der Waals surface area contributed by atoms with Crippen LogP contribution in [0, 0.1) is 0 Å². The number of pyridine rings is 1. The van der Waals surface area contributed by atoms with Crippen molar-refractivity contribution in [1.29, 1.82) is 0 Å². The number of hydrogen-bond donors (Lipinski definition) is 2. The number of carbonyl (C=O) groups excluding carboxylic acids is 1. The monoisotopic (exact) mass is 377 g/mol. The fourth-order valence-electron chi connectivity index (χ4n) is 3.08. The molecule has 28 heavy (non-hydrogen) atoms. The molecule has 1 amide bonds. The molecule has 9 nitrogen and oxygen atoms in total. The Morgan fingerprint density at radius 3 is 2.82 bits per heavy atom. The van der Waals surface area contributed by atoms with Gasteiger partial charge in [-0.3, -0.25) is 20.0 Å². The van der Waals surface area contributed by atoms with E-state index in [-0.39, 0.29) is 6.42 Å². The van der Waals surface area contributed by atoms with E-state index in [4.69, 9.17) is 10.2 Å². The van der Waals surface area contributed by atoms with Gasteiger partial charge in [-0.25, -0.2) is 10.5 Å². The summed E-state index contributed by atoms with van der Waals surface area (Å²) in [6.45, 7) is 1.66. The number of para-hydroxylation sites is 2. The van der Waals surface area contributed by atoms with Crippen molar-refractivity contribution in [2.75, 3.05) is 6.54 Å². The average Bonchev–Trinajstić information content (AvgIpc) is 3.32. The zero-order valence-electron chi connectivity index (χ0n) is 15.1. The quantitative estimate of drug-likeness (QED) is 0.507. The van der Waals surface area contributed by atoms with Gasteiger partial charge in [0.25, 0.3) is 0 Å². The van der Waals surface area contributed by atoms with E-state index < -0.39 is 5.91 Å². The molecule has 0 radical (unpaired) electrons. The number of aromatic nitrogens is 3. The lowest BCUT2D eigenvalue weighted by molar-refractivity contribution is -0.128. The molecule has 1 aromatic carbocycles. The minimum atomic E-state index is -0.486. The first-order valence-electron chi connectivity index (χ1n) is 8.84. The van der Waals surface area contributed by atoms with Crippen molar-refractivity contribution in [2.45, 2.75) is 19.5 Å². The summed E-state index contributed by atoms with van der Waals surface area (Å²) in [5, 5.41) is 18.6. The van der Waals surface area contributed by atoms with Crippen LogP contribution in [0.1, 0.15) is 17.8 Å². The molecule has 2 N–H and O–H groups in total. The molecule has 1 aliphatic rings. The Balaban J connectivity index is 1.55. The Kier molecular flexibility index (Phi) is 5.07. The minimum absolute atomic E-state index is 0.0548. The molecule has 4 rings (SSSR count). The Bertz CT molecular complexity index is 1040. The summed E-state index contributed by atoms with van der Waals surface area (Å²) in [4.78, 5) is 20.0. The highest BCUT2D eigenvalue weighted by Crippen LogP contribution is 2.21. The molecular weight excluding hydrogens is 358 g/mol. The fraction of sp³-hybridized carbons (Fsp3) is 0.211. The van der Waals surface area contributed by atoms with Gasteiger partial charge in [-0.05, 0) is 35.9 Å². The Hall–Kier alpha value is -3.59. The second kappa shape index (κ2) is 7.97. The number of rotatable bonds is 6. The fourth-order valence-corrected chi connectivity index (χ4v) is 3.08. The average molecular weight is 377 g/mol. The van der Waals surface area contributed by atoms with Crippen LogP contribution in [0.15, 0.2) is 70.9 Å². The van der Waals surface area contributed by atoms with Crippen LogP contribution in [0.2, 0.25) is 0 Å². The molecule has 9 heteroatoms. The molecule has 0 saturated heterocycles. The maximum Gasteiger partial charge on any atom is 0.247 e. The first-order valence-corrected chi connectivity index (χ1v) is 8.84. The van der Waals surface area contributed by atoms with Gasteiger partial charge in [0.05, 0.1) is 29.8 Å². The molecule has 0 aliphatic carbocycles. The number of nitrogens with zero attached hydrogens (tertiary/aromatic N) is 6. The molecule has 1 aliphatic heterocycles. The summed E-state index contributed by atoms with van der Waals surface area (Å²) < 4.78 is 2.17. The molecule has 0 bridgehead atoms. The van der Waals surface area contributed by atoms with Crippen LogP contribution in [-0.2, 0) is 17.9 Å². The predicted molar refractivity (Wildman–Crippen MR) is 101 cm³/mol. The van der Waals surface area contributed by atoms with E-state index in [2.05, 4.69) is 26.0 Å². The zero-order valence-corrected chi connectivity index (χ0v) is 15.1. The molecule has 0 saturated carbocycles. The van der Waals surface area contributed by atoms with E-state index in [1.807, 2.05) is 30.3 Å². The van der Waals surface area contributed by atoms with Crippen LogP contribution >= 0.6 is 0 Å². The largest absolute Gasteiger partial charge is 0.322 e. The van der Waals surface area contributed by atoms with Crippen molar-refractivity contribution in [2.24, 2.45) is 10.3 Å². The molecule has 3 heterocycles. The van der Waals surface area contributed by atoms with E-state index in [1.54, 1.807) is 29.0 Å². The normalized spacial score (nSPS) is 14.9. The second-order valence-corrected chi connectivity index (χ2v) is 6.41. The van der Waals surface area contributed by atoms with E-state index >= 15 is 0 Å². The van der Waals surface area contributed by atoms with Crippen LogP contribution in [0.5, 0.6) is 0 Å². The molecule has 0 fully saturated rings. The Labute approximate surface area is 161 Å². The van der Waals surface area contributed by atoms with Crippen molar-refractivity contribution < 1.29 is 10.0 Å². The standard InChI is InChI=1S/C19H19N7O2/c27-19(23-28)6-5-15-12-25(24-22-15)13-18-21-16-3-1-2-4-17(16)26(18)11-14-7-9-20-10-8-14/h1-5,7-10,28H,6,11-13H2,(H,23,27)/b15-5-. The van der Waals surface area contributed by atoms with E-state index in [9.17, 15) is 4.79 Å². The predicted octanol–water partition coefficient (Wildman–Crippen LogP) is 2.44. The van der Waals surface area contributed by atoms with Crippen LogP contribution in [0.4, 0.5) is 0 Å². The number of fused-ring (bicyclic) bond motifs is 1. The van der Waals surface area contributed by atoms with Crippen molar-refractivity contribution in [3.8, 4) is 0 Å². The van der Waals surface area contributed by atoms with Crippen molar-refractivity contribution in [3.63, 3.8) is 0 Å². The van der Waals surface area contributed by atoms with E-state index in [1.165, 1.54) is 0 Å². The summed E-state index contributed by atoms with van der Waals surface area (Å²) in [6, 6.07) is 12.0. The van der Waals surface area contributed by atoms with E-state index in [0.717, 1.165) is 22.4 Å². The summed E-state index contributed by atoms with van der Waals surface area (Å²) in [5.74, 6) is 0.395. The zero-order chi connectivity index (χ0) is 19.3. The topological polar surface area (TPSA) is 108 Å². The molecule has 2 aromatic heterocycles. The first-order chi connectivity index (χ1) is 13.7. The van der Waals surface area contributed by atoms with Gasteiger partial charge in [0.15, 0.2) is 0 Å². The smallest absolute Gasteiger partial charge is 0.247 e. The van der Waals surface area contributed by atoms with Gasteiger partial charge in [0.2, 0.25) is 5.91 Å². The van der Waals surface area contributed by atoms with Crippen LogP contribution < -0.4 is 5.48 Å². The van der Waals surface area contributed by atoms with E-state index in [0.29, 0.717) is 25.3 Å². The molecule has 3 aromatic rings. The van der Waals surface area contributed by atoms with Gasteiger partial charge in [0, 0.05) is 25.4 Å². The number of benzene rings is 1. The molecule has 0 spiro atoms. The third-order valence-corrected chi connectivity index (χ3v) is 4.44. The van der Waals surface area contributed by atoms with Gasteiger partial charge in [-0.1, -0.05) is 17.4 Å². The summed E-state index contributed by atoms with van der Waals surface area (Å²) >= 11 is 0. The summed E-state index contributed by atoms with van der Waals surface area (Å²) in [5.41, 5.74) is 5.40. The van der Waals surface area contributed by atoms with Crippen LogP contribution in [-0.4, -0.2) is 37.2 Å². The number of nitrogens with one attached hydrogen (secondary N) is 1. The molecule has 142 valence electrons. The highest BCUT2D eigenvalue weighted by molar-refractivity contribution is 5.76. The van der Waals surface area contributed by atoms with Crippen molar-refractivity contribution in [1.82, 2.24) is 25.0 Å². The maximum absolute atomic E-state index is 11.1. The van der Waals surface area contributed by atoms with Gasteiger partial charge in [-0.15, -0.1) is 5.11 Å². The third kappa shape index (κ3) is 3.89. The number of amides is 1. The number of imidazole rings is 1. The summed E-state index contributed by atoms with van der Waals surface area (Å²) in [6.07, 6.45) is 5.26. The van der Waals surface area contributed by atoms with Crippen LogP contribution in [0.3, 0.4) is 0 Å². The number of carbonyl (C=O) groups is 1. The van der Waals surface area contributed by atoms with Crippen LogP contribution in [0.25, 0.3) is 11.0 Å². The highest BCUT2D eigenvalue weighted by atomic mass is 16.5.